The molecule has 0 bridgehead atoms. The maximum Gasteiger partial charge on any atom is 0.303 e. The zero-order valence-corrected chi connectivity index (χ0v) is 11.7. The number of carboxylic acid groups (broad SMARTS) is 1. The van der Waals surface area contributed by atoms with Gasteiger partial charge in [0, 0.05) is 0 Å². The Kier molecular flexibility index (Phi) is 4.41. The van der Waals surface area contributed by atoms with Crippen LogP contribution >= 0.6 is 0 Å². The molecule has 3 heteroatoms. The second kappa shape index (κ2) is 6.24. The third kappa shape index (κ3) is 3.38. The van der Waals surface area contributed by atoms with Gasteiger partial charge in [-0.1, -0.05) is 43.3 Å². The molecular formula is C17H18O3. The van der Waals surface area contributed by atoms with E-state index in [-0.39, 0.29) is 12.3 Å². The lowest BCUT2D eigenvalue weighted by molar-refractivity contribution is -0.137. The van der Waals surface area contributed by atoms with Crippen LogP contribution in [-0.4, -0.2) is 18.2 Å². The Morgan fingerprint density at radius 3 is 2.45 bits per heavy atom. The van der Waals surface area contributed by atoms with Gasteiger partial charge in [-0.2, -0.15) is 0 Å². The third-order valence-corrected chi connectivity index (χ3v) is 3.36. The van der Waals surface area contributed by atoms with Crippen LogP contribution in [0.3, 0.4) is 0 Å². The quantitative estimate of drug-likeness (QED) is 0.895. The second-order valence-electron chi connectivity index (χ2n) is 4.85. The minimum absolute atomic E-state index is 0.00528. The van der Waals surface area contributed by atoms with E-state index in [0.717, 1.165) is 22.4 Å². The lowest BCUT2D eigenvalue weighted by Crippen LogP contribution is -2.02. The van der Waals surface area contributed by atoms with E-state index in [4.69, 9.17) is 9.84 Å². The van der Waals surface area contributed by atoms with E-state index in [0.29, 0.717) is 0 Å². The predicted molar refractivity (Wildman–Crippen MR) is 79.1 cm³/mol. The molecule has 0 aliphatic carbocycles. The van der Waals surface area contributed by atoms with Crippen molar-refractivity contribution in [2.45, 2.75) is 19.3 Å². The van der Waals surface area contributed by atoms with E-state index in [9.17, 15) is 4.79 Å². The van der Waals surface area contributed by atoms with Crippen LogP contribution in [0, 0.1) is 0 Å². The number of hydrogen-bond acceptors (Lipinski definition) is 2. The number of carbonyl (C=O) groups is 1. The number of carboxylic acids is 1. The van der Waals surface area contributed by atoms with Crippen molar-refractivity contribution in [1.82, 2.24) is 0 Å². The minimum Gasteiger partial charge on any atom is -0.497 e. The van der Waals surface area contributed by atoms with Gasteiger partial charge < -0.3 is 9.84 Å². The molecule has 0 aromatic heterocycles. The van der Waals surface area contributed by atoms with E-state index in [1.807, 2.05) is 49.4 Å². The molecule has 0 amide bonds. The molecule has 0 radical (unpaired) electrons. The first-order chi connectivity index (χ1) is 9.60. The van der Waals surface area contributed by atoms with Crippen LogP contribution in [-0.2, 0) is 4.79 Å². The van der Waals surface area contributed by atoms with Gasteiger partial charge >= 0.3 is 5.97 Å². The van der Waals surface area contributed by atoms with Crippen LogP contribution in [0.25, 0.3) is 11.1 Å². The Hall–Kier alpha value is -2.29. The van der Waals surface area contributed by atoms with E-state index in [1.165, 1.54) is 0 Å². The van der Waals surface area contributed by atoms with Gasteiger partial charge in [0.05, 0.1) is 13.5 Å². The standard InChI is InChI=1S/C17H18O3/c1-12(10-17(18)19)14-4-3-5-15(11-14)13-6-8-16(20-2)9-7-13/h3-9,11-12H,10H2,1-2H3,(H,18,19). The molecule has 1 N–H and O–H groups in total. The zero-order chi connectivity index (χ0) is 14.5. The molecule has 1 atom stereocenters. The molecule has 0 fully saturated rings. The van der Waals surface area contributed by atoms with Gasteiger partial charge in [-0.05, 0) is 34.7 Å². The van der Waals surface area contributed by atoms with Crippen LogP contribution in [0.2, 0.25) is 0 Å². The van der Waals surface area contributed by atoms with Crippen molar-refractivity contribution in [3.05, 3.63) is 54.1 Å². The summed E-state index contributed by atoms with van der Waals surface area (Å²) in [6, 6.07) is 15.9. The Balaban J connectivity index is 2.26. The first-order valence-electron chi connectivity index (χ1n) is 6.56. The van der Waals surface area contributed by atoms with Gasteiger partial charge in [0.1, 0.15) is 5.75 Å². The third-order valence-electron chi connectivity index (χ3n) is 3.36. The van der Waals surface area contributed by atoms with E-state index < -0.39 is 5.97 Å². The number of ether oxygens (including phenoxy) is 1. The average Bonchev–Trinajstić information content (AvgIpc) is 2.47. The summed E-state index contributed by atoms with van der Waals surface area (Å²) in [5.74, 6) is 0.0576. The number of methoxy groups -OCH3 is 1. The van der Waals surface area contributed by atoms with Gasteiger partial charge in [-0.15, -0.1) is 0 Å². The van der Waals surface area contributed by atoms with E-state index in [2.05, 4.69) is 6.07 Å². The molecule has 20 heavy (non-hydrogen) atoms. The second-order valence-corrected chi connectivity index (χ2v) is 4.85. The fourth-order valence-corrected chi connectivity index (χ4v) is 2.19. The predicted octanol–water partition coefficient (Wildman–Crippen LogP) is 3.94. The van der Waals surface area contributed by atoms with Crippen LogP contribution in [0.1, 0.15) is 24.8 Å². The van der Waals surface area contributed by atoms with Crippen LogP contribution < -0.4 is 4.74 Å². The summed E-state index contributed by atoms with van der Waals surface area (Å²) in [5, 5.41) is 8.88. The van der Waals surface area contributed by atoms with Gasteiger partial charge in [0.2, 0.25) is 0 Å². The summed E-state index contributed by atoms with van der Waals surface area (Å²) < 4.78 is 5.15. The Bertz CT molecular complexity index is 587. The molecule has 0 heterocycles. The molecule has 3 nitrogen and oxygen atoms in total. The number of benzene rings is 2. The first-order valence-corrected chi connectivity index (χ1v) is 6.56. The zero-order valence-electron chi connectivity index (χ0n) is 11.7. The Morgan fingerprint density at radius 2 is 1.85 bits per heavy atom. The smallest absolute Gasteiger partial charge is 0.303 e. The molecule has 0 spiro atoms. The molecular weight excluding hydrogens is 252 g/mol. The molecule has 0 aliphatic rings. The van der Waals surface area contributed by atoms with Crippen LogP contribution in [0.15, 0.2) is 48.5 Å². The SMILES string of the molecule is COc1ccc(-c2cccc(C(C)CC(=O)O)c2)cc1. The largest absolute Gasteiger partial charge is 0.497 e. The van der Waals surface area contributed by atoms with Gasteiger partial charge in [0.15, 0.2) is 0 Å². The maximum absolute atomic E-state index is 10.8. The van der Waals surface area contributed by atoms with Crippen molar-refractivity contribution < 1.29 is 14.6 Å². The molecule has 0 saturated carbocycles. The van der Waals surface area contributed by atoms with Crippen molar-refractivity contribution in [3.63, 3.8) is 0 Å². The summed E-state index contributed by atoms with van der Waals surface area (Å²) in [6.07, 6.45) is 0.145. The lowest BCUT2D eigenvalue weighted by Gasteiger charge is -2.11. The van der Waals surface area contributed by atoms with E-state index in [1.54, 1.807) is 7.11 Å². The van der Waals surface area contributed by atoms with E-state index >= 15 is 0 Å². The summed E-state index contributed by atoms with van der Waals surface area (Å²) in [4.78, 5) is 10.8. The highest BCUT2D eigenvalue weighted by molar-refractivity contribution is 5.69. The fourth-order valence-electron chi connectivity index (χ4n) is 2.19. The molecule has 2 aromatic rings. The molecule has 2 aromatic carbocycles. The Morgan fingerprint density at radius 1 is 1.15 bits per heavy atom. The maximum atomic E-state index is 10.8. The molecule has 104 valence electrons. The molecule has 2 rings (SSSR count). The summed E-state index contributed by atoms with van der Waals surface area (Å²) in [7, 11) is 1.64. The van der Waals surface area contributed by atoms with Crippen LogP contribution in [0.5, 0.6) is 5.75 Å². The Labute approximate surface area is 118 Å². The van der Waals surface area contributed by atoms with Crippen molar-refractivity contribution in [1.29, 1.82) is 0 Å². The van der Waals surface area contributed by atoms with Crippen molar-refractivity contribution in [2.24, 2.45) is 0 Å². The molecule has 0 aliphatic heterocycles. The minimum atomic E-state index is -0.771. The van der Waals surface area contributed by atoms with Crippen molar-refractivity contribution in [3.8, 4) is 16.9 Å². The highest BCUT2D eigenvalue weighted by Crippen LogP contribution is 2.27. The van der Waals surface area contributed by atoms with Gasteiger partial charge in [-0.25, -0.2) is 0 Å². The molecule has 1 unspecified atom stereocenters. The van der Waals surface area contributed by atoms with Crippen LogP contribution in [0.4, 0.5) is 0 Å². The fraction of sp³-hybridized carbons (Fsp3) is 0.235. The highest BCUT2D eigenvalue weighted by Gasteiger charge is 2.10. The summed E-state index contributed by atoms with van der Waals surface area (Å²) in [5.41, 5.74) is 3.22. The topological polar surface area (TPSA) is 46.5 Å². The van der Waals surface area contributed by atoms with Gasteiger partial charge in [0.25, 0.3) is 0 Å². The first kappa shape index (κ1) is 14.1. The summed E-state index contributed by atoms with van der Waals surface area (Å²) in [6.45, 7) is 1.93. The average molecular weight is 270 g/mol. The van der Waals surface area contributed by atoms with Crippen molar-refractivity contribution in [2.75, 3.05) is 7.11 Å². The number of hydrogen-bond donors (Lipinski definition) is 1. The lowest BCUT2D eigenvalue weighted by atomic mass is 9.94. The van der Waals surface area contributed by atoms with Crippen molar-refractivity contribution >= 4 is 5.97 Å². The number of aliphatic carboxylic acids is 1. The highest BCUT2D eigenvalue weighted by atomic mass is 16.5. The monoisotopic (exact) mass is 270 g/mol. The summed E-state index contributed by atoms with van der Waals surface area (Å²) >= 11 is 0. The van der Waals surface area contributed by atoms with Gasteiger partial charge in [-0.3, -0.25) is 4.79 Å². The normalized spacial score (nSPS) is 11.9. The molecule has 0 saturated heterocycles. The number of rotatable bonds is 5.